The van der Waals surface area contributed by atoms with Gasteiger partial charge in [0.05, 0.1) is 5.52 Å². The van der Waals surface area contributed by atoms with Gasteiger partial charge >= 0.3 is 20.1 Å². The van der Waals surface area contributed by atoms with Gasteiger partial charge in [0.1, 0.15) is 0 Å². The van der Waals surface area contributed by atoms with Gasteiger partial charge in [0.2, 0.25) is 0 Å². The Morgan fingerprint density at radius 1 is 1.05 bits per heavy atom. The van der Waals surface area contributed by atoms with Gasteiger partial charge in [-0.3, -0.25) is 4.98 Å². The molecule has 0 radical (unpaired) electrons. The molecule has 2 aromatic carbocycles. The zero-order valence-electron chi connectivity index (χ0n) is 12.5. The molecule has 1 unspecified atom stereocenters. The van der Waals surface area contributed by atoms with Gasteiger partial charge in [0.25, 0.3) is 0 Å². The third kappa shape index (κ3) is 5.34. The molecule has 0 spiro atoms. The van der Waals surface area contributed by atoms with Gasteiger partial charge in [0, 0.05) is 0 Å². The van der Waals surface area contributed by atoms with Crippen LogP contribution in [0.4, 0.5) is 0 Å². The quantitative estimate of drug-likeness (QED) is 0.508. The van der Waals surface area contributed by atoms with Crippen LogP contribution >= 0.6 is 0 Å². The van der Waals surface area contributed by atoms with Gasteiger partial charge in [0.15, 0.2) is 0 Å². The van der Waals surface area contributed by atoms with Crippen molar-refractivity contribution in [2.45, 2.75) is 13.0 Å². The zero-order valence-corrected chi connectivity index (χ0v) is 14.8. The summed E-state index contributed by atoms with van der Waals surface area (Å²) in [4.78, 5) is 4.61. The predicted octanol–water partition coefficient (Wildman–Crippen LogP) is 4.72. The maximum atomic E-state index is 4.61. The topological polar surface area (TPSA) is 22.1 Å². The smallest absolute Gasteiger partial charge is 0.578 e. The van der Waals surface area contributed by atoms with Crippen LogP contribution in [0.15, 0.2) is 60.7 Å². The minimum Gasteiger partial charge on any atom is -0.578 e. The minimum absolute atomic E-state index is 0. The second-order valence-corrected chi connectivity index (χ2v) is 4.64. The van der Waals surface area contributed by atoms with Crippen LogP contribution in [0.5, 0.6) is 0 Å². The number of ether oxygens (including phenoxy) is 1. The molecule has 1 atom stereocenters. The average Bonchev–Trinajstić information content (AvgIpc) is 2.56. The number of fused-ring (bicyclic) bond motifs is 1. The Morgan fingerprint density at radius 3 is 2.36 bits per heavy atom. The van der Waals surface area contributed by atoms with Crippen molar-refractivity contribution >= 4 is 10.9 Å². The molecule has 2 nitrogen and oxygen atoms in total. The number of aromatic nitrogens is 1. The number of rotatable bonds is 2. The van der Waals surface area contributed by atoms with Gasteiger partial charge in [-0.25, -0.2) is 7.11 Å². The molecule has 22 heavy (non-hydrogen) atoms. The summed E-state index contributed by atoms with van der Waals surface area (Å²) in [5.74, 6) is 0. The standard InChI is InChI=1S/C15H10N.C4H8O.Ir/c1-2-6-12(7-3-1)15-11-10-13-8-4-5-9-14(13)16-15;1-4(2)5-3;/h1-6,8-11H;4H,1,3H2,2H3;/q-1;-2;+3. The van der Waals surface area contributed by atoms with Crippen LogP contribution in [-0.2, 0) is 24.8 Å². The first-order valence-corrected chi connectivity index (χ1v) is 6.77. The van der Waals surface area contributed by atoms with Crippen molar-refractivity contribution in [3.63, 3.8) is 0 Å². The zero-order chi connectivity index (χ0) is 15.1. The Bertz CT molecular complexity index is 683. The Morgan fingerprint density at radius 2 is 1.73 bits per heavy atom. The molecule has 0 aliphatic carbocycles. The fourth-order valence-electron chi connectivity index (χ4n) is 1.77. The molecule has 1 aromatic heterocycles. The van der Waals surface area contributed by atoms with E-state index in [2.05, 4.69) is 42.0 Å². The van der Waals surface area contributed by atoms with Crippen molar-refractivity contribution in [1.29, 1.82) is 0 Å². The molecule has 0 aliphatic heterocycles. The van der Waals surface area contributed by atoms with Gasteiger partial charge in [-0.05, 0) is 17.1 Å². The molecule has 3 heteroatoms. The van der Waals surface area contributed by atoms with Crippen molar-refractivity contribution in [3.05, 3.63) is 80.8 Å². The SMILES string of the molecule is [CH2-]OC([CH2-])C.[Ir+3].[c-]1ccccc1-c1ccc2ccccc2n1. The van der Waals surface area contributed by atoms with Crippen LogP contribution in [0.25, 0.3) is 22.2 Å². The van der Waals surface area contributed by atoms with E-state index in [1.807, 2.05) is 55.5 Å². The van der Waals surface area contributed by atoms with E-state index in [0.29, 0.717) is 0 Å². The monoisotopic (exact) mass is 469 g/mol. The fraction of sp³-hybridized carbons (Fsp3) is 0.105. The molecule has 0 amide bonds. The third-order valence-electron chi connectivity index (χ3n) is 2.87. The van der Waals surface area contributed by atoms with Crippen LogP contribution < -0.4 is 0 Å². The Hall–Kier alpha value is -1.54. The summed E-state index contributed by atoms with van der Waals surface area (Å²) in [6.45, 7) is 5.30. The number of pyridine rings is 1. The van der Waals surface area contributed by atoms with Crippen molar-refractivity contribution in [2.75, 3.05) is 0 Å². The van der Waals surface area contributed by atoms with E-state index in [-0.39, 0.29) is 26.2 Å². The molecular weight excluding hydrogens is 450 g/mol. The van der Waals surface area contributed by atoms with Crippen LogP contribution in [0.2, 0.25) is 0 Å². The van der Waals surface area contributed by atoms with E-state index in [9.17, 15) is 0 Å². The summed E-state index contributed by atoms with van der Waals surface area (Å²) < 4.78 is 4.39. The van der Waals surface area contributed by atoms with Crippen LogP contribution in [0.1, 0.15) is 6.92 Å². The molecule has 114 valence electrons. The first-order chi connectivity index (χ1) is 10.2. The molecule has 0 saturated carbocycles. The Balaban J connectivity index is 0.000000356. The molecule has 0 saturated heterocycles. The van der Waals surface area contributed by atoms with Crippen molar-refractivity contribution < 1.29 is 24.8 Å². The van der Waals surface area contributed by atoms with E-state index in [4.69, 9.17) is 0 Å². The van der Waals surface area contributed by atoms with Crippen LogP contribution in [0, 0.1) is 20.1 Å². The molecule has 0 bridgehead atoms. The van der Waals surface area contributed by atoms with Crippen molar-refractivity contribution in [2.24, 2.45) is 0 Å². The number of hydrogen-bond acceptors (Lipinski definition) is 2. The molecule has 0 aliphatic rings. The van der Waals surface area contributed by atoms with E-state index in [1.54, 1.807) is 0 Å². The van der Waals surface area contributed by atoms with Gasteiger partial charge in [-0.2, -0.15) is 0 Å². The molecule has 0 fully saturated rings. The number of nitrogens with zero attached hydrogens (tertiary/aromatic N) is 1. The molecule has 0 N–H and O–H groups in total. The second-order valence-electron chi connectivity index (χ2n) is 4.64. The van der Waals surface area contributed by atoms with Gasteiger partial charge < -0.3 is 11.7 Å². The largest absolute Gasteiger partial charge is 3.00 e. The summed E-state index contributed by atoms with van der Waals surface area (Å²) in [5.41, 5.74) is 3.03. The summed E-state index contributed by atoms with van der Waals surface area (Å²) in [6, 6.07) is 23.4. The summed E-state index contributed by atoms with van der Waals surface area (Å²) in [7, 11) is 3.12. The molecule has 1 heterocycles. The summed E-state index contributed by atoms with van der Waals surface area (Å²) in [6.07, 6.45) is 0.0231. The van der Waals surface area contributed by atoms with E-state index in [0.717, 1.165) is 16.8 Å². The number of para-hydroxylation sites is 1. The average molecular weight is 469 g/mol. The third-order valence-corrected chi connectivity index (χ3v) is 2.87. The Labute approximate surface area is 145 Å². The second kappa shape index (κ2) is 9.47. The number of hydrogen-bond donors (Lipinski definition) is 0. The maximum absolute atomic E-state index is 4.61. The molecule has 3 rings (SSSR count). The van der Waals surface area contributed by atoms with Crippen molar-refractivity contribution in [1.82, 2.24) is 4.98 Å². The van der Waals surface area contributed by atoms with Crippen molar-refractivity contribution in [3.8, 4) is 11.3 Å². The first-order valence-electron chi connectivity index (χ1n) is 6.77. The van der Waals surface area contributed by atoms with E-state index < -0.39 is 0 Å². The van der Waals surface area contributed by atoms with Crippen LogP contribution in [-0.4, -0.2) is 11.1 Å². The number of benzene rings is 2. The summed E-state index contributed by atoms with van der Waals surface area (Å²) >= 11 is 0. The van der Waals surface area contributed by atoms with E-state index in [1.165, 1.54) is 5.39 Å². The fourth-order valence-corrected chi connectivity index (χ4v) is 1.77. The van der Waals surface area contributed by atoms with Gasteiger partial charge in [-0.1, -0.05) is 37.3 Å². The molecular formula is C19H18IrNO. The maximum Gasteiger partial charge on any atom is 3.00 e. The normalized spacial score (nSPS) is 11.0. The summed E-state index contributed by atoms with van der Waals surface area (Å²) in [5, 5.41) is 1.17. The minimum atomic E-state index is 0. The Kier molecular flexibility index (Phi) is 7.97. The van der Waals surface area contributed by atoms with E-state index >= 15 is 0 Å². The predicted molar refractivity (Wildman–Crippen MR) is 87.3 cm³/mol. The van der Waals surface area contributed by atoms with Gasteiger partial charge in [-0.15, -0.1) is 42.0 Å². The van der Waals surface area contributed by atoms with Crippen LogP contribution in [0.3, 0.4) is 0 Å². The first kappa shape index (κ1) is 18.5. The molecule has 3 aromatic rings.